The smallest absolute Gasteiger partial charge is 0.220 e. The van der Waals surface area contributed by atoms with E-state index in [2.05, 4.69) is 10.3 Å². The van der Waals surface area contributed by atoms with Crippen molar-refractivity contribution in [1.82, 2.24) is 10.3 Å². The van der Waals surface area contributed by atoms with Crippen LogP contribution in [0.15, 0.2) is 18.5 Å². The van der Waals surface area contributed by atoms with Crippen LogP contribution in [-0.2, 0) is 11.2 Å². The maximum Gasteiger partial charge on any atom is 0.220 e. The van der Waals surface area contributed by atoms with Crippen LogP contribution < -0.4 is 5.32 Å². The van der Waals surface area contributed by atoms with Crippen LogP contribution in [0.2, 0.25) is 0 Å². The van der Waals surface area contributed by atoms with Crippen LogP contribution in [0.4, 0.5) is 0 Å². The standard InChI is InChI=1S/C9H12N2O2/c1-10-9(13)3-2-7-4-8(12)6-11-5-7/h4-6,12H,2-3H2,1H3,(H,10,13). The highest BCUT2D eigenvalue weighted by Gasteiger charge is 2.00. The summed E-state index contributed by atoms with van der Waals surface area (Å²) in [6.07, 6.45) is 4.02. The summed E-state index contributed by atoms with van der Waals surface area (Å²) in [4.78, 5) is 14.7. The van der Waals surface area contributed by atoms with Gasteiger partial charge in [0.2, 0.25) is 5.91 Å². The predicted octanol–water partition coefficient (Wildman–Crippen LogP) is 0.466. The molecule has 0 aliphatic carbocycles. The van der Waals surface area contributed by atoms with E-state index in [0.717, 1.165) is 5.56 Å². The van der Waals surface area contributed by atoms with Crippen LogP contribution in [0.1, 0.15) is 12.0 Å². The van der Waals surface area contributed by atoms with Crippen molar-refractivity contribution in [3.05, 3.63) is 24.0 Å². The molecule has 0 fully saturated rings. The van der Waals surface area contributed by atoms with Gasteiger partial charge in [-0.25, -0.2) is 0 Å². The van der Waals surface area contributed by atoms with E-state index in [9.17, 15) is 4.79 Å². The van der Waals surface area contributed by atoms with E-state index in [1.54, 1.807) is 19.3 Å². The van der Waals surface area contributed by atoms with Gasteiger partial charge >= 0.3 is 0 Å². The molecule has 0 spiro atoms. The van der Waals surface area contributed by atoms with E-state index in [4.69, 9.17) is 5.11 Å². The lowest BCUT2D eigenvalue weighted by Gasteiger charge is -2.00. The zero-order valence-corrected chi connectivity index (χ0v) is 7.45. The SMILES string of the molecule is CNC(=O)CCc1cncc(O)c1. The Balaban J connectivity index is 2.50. The fraction of sp³-hybridized carbons (Fsp3) is 0.333. The van der Waals surface area contributed by atoms with Crippen molar-refractivity contribution in [2.45, 2.75) is 12.8 Å². The molecule has 0 saturated heterocycles. The lowest BCUT2D eigenvalue weighted by molar-refractivity contribution is -0.120. The maximum atomic E-state index is 10.9. The third-order valence-electron chi connectivity index (χ3n) is 1.70. The largest absolute Gasteiger partial charge is 0.506 e. The minimum absolute atomic E-state index is 0.0108. The molecule has 70 valence electrons. The average molecular weight is 180 g/mol. The Kier molecular flexibility index (Phi) is 3.25. The summed E-state index contributed by atoms with van der Waals surface area (Å²) in [7, 11) is 1.60. The minimum Gasteiger partial charge on any atom is -0.506 e. The maximum absolute atomic E-state index is 10.9. The Morgan fingerprint density at radius 2 is 2.38 bits per heavy atom. The summed E-state index contributed by atoms with van der Waals surface area (Å²) in [5.41, 5.74) is 0.864. The zero-order valence-electron chi connectivity index (χ0n) is 7.45. The number of hydrogen-bond acceptors (Lipinski definition) is 3. The summed E-state index contributed by atoms with van der Waals surface area (Å²) < 4.78 is 0. The van der Waals surface area contributed by atoms with Gasteiger partial charge in [-0.15, -0.1) is 0 Å². The third kappa shape index (κ3) is 3.11. The number of rotatable bonds is 3. The molecule has 0 atom stereocenters. The van der Waals surface area contributed by atoms with E-state index in [1.807, 2.05) is 0 Å². The van der Waals surface area contributed by atoms with Crippen LogP contribution >= 0.6 is 0 Å². The Bertz CT molecular complexity index is 299. The Hall–Kier alpha value is -1.58. The first-order chi connectivity index (χ1) is 6.22. The van der Waals surface area contributed by atoms with Crippen molar-refractivity contribution in [2.24, 2.45) is 0 Å². The Morgan fingerprint density at radius 3 is 3.00 bits per heavy atom. The van der Waals surface area contributed by atoms with E-state index < -0.39 is 0 Å². The van der Waals surface area contributed by atoms with E-state index in [1.165, 1.54) is 6.20 Å². The van der Waals surface area contributed by atoms with Crippen LogP contribution in [0, 0.1) is 0 Å². The van der Waals surface area contributed by atoms with Gasteiger partial charge in [0.05, 0.1) is 6.20 Å². The molecule has 2 N–H and O–H groups in total. The van der Waals surface area contributed by atoms with Crippen molar-refractivity contribution in [2.75, 3.05) is 7.05 Å². The van der Waals surface area contributed by atoms with Crippen molar-refractivity contribution in [3.8, 4) is 5.75 Å². The first-order valence-corrected chi connectivity index (χ1v) is 4.06. The lowest BCUT2D eigenvalue weighted by atomic mass is 10.1. The second-order valence-electron chi connectivity index (χ2n) is 2.72. The summed E-state index contributed by atoms with van der Waals surface area (Å²) in [6, 6.07) is 1.61. The zero-order chi connectivity index (χ0) is 9.68. The monoisotopic (exact) mass is 180 g/mol. The normalized spacial score (nSPS) is 9.62. The van der Waals surface area contributed by atoms with Crippen molar-refractivity contribution in [3.63, 3.8) is 0 Å². The fourth-order valence-electron chi connectivity index (χ4n) is 0.993. The molecule has 0 radical (unpaired) electrons. The number of hydrogen-bond donors (Lipinski definition) is 2. The highest BCUT2D eigenvalue weighted by Crippen LogP contribution is 2.09. The molecule has 0 aliphatic rings. The second-order valence-corrected chi connectivity index (χ2v) is 2.72. The first kappa shape index (κ1) is 9.51. The summed E-state index contributed by atoms with van der Waals surface area (Å²) in [5, 5.41) is 11.6. The summed E-state index contributed by atoms with van der Waals surface area (Å²) in [6.45, 7) is 0. The molecular formula is C9H12N2O2. The number of carbonyl (C=O) groups is 1. The summed E-state index contributed by atoms with van der Waals surface area (Å²) in [5.74, 6) is 0.123. The van der Waals surface area contributed by atoms with Crippen LogP contribution in [0.3, 0.4) is 0 Å². The predicted molar refractivity (Wildman–Crippen MR) is 48.3 cm³/mol. The van der Waals surface area contributed by atoms with Gasteiger partial charge in [-0.3, -0.25) is 9.78 Å². The molecule has 0 aromatic carbocycles. The number of nitrogens with zero attached hydrogens (tertiary/aromatic N) is 1. The highest BCUT2D eigenvalue weighted by molar-refractivity contribution is 5.75. The van der Waals surface area contributed by atoms with Gasteiger partial charge in [0.25, 0.3) is 0 Å². The molecule has 1 amide bonds. The lowest BCUT2D eigenvalue weighted by Crippen LogP contribution is -2.17. The molecule has 1 rings (SSSR count). The molecule has 13 heavy (non-hydrogen) atoms. The fourth-order valence-corrected chi connectivity index (χ4v) is 0.993. The second kappa shape index (κ2) is 4.45. The van der Waals surface area contributed by atoms with Gasteiger partial charge in [0.15, 0.2) is 0 Å². The molecule has 1 aromatic rings. The van der Waals surface area contributed by atoms with E-state index in [-0.39, 0.29) is 11.7 Å². The number of aromatic nitrogens is 1. The van der Waals surface area contributed by atoms with E-state index in [0.29, 0.717) is 12.8 Å². The summed E-state index contributed by atoms with van der Waals surface area (Å²) >= 11 is 0. The highest BCUT2D eigenvalue weighted by atomic mass is 16.3. The Morgan fingerprint density at radius 1 is 1.62 bits per heavy atom. The molecule has 4 nitrogen and oxygen atoms in total. The molecule has 0 aliphatic heterocycles. The van der Waals surface area contributed by atoms with Gasteiger partial charge in [-0.1, -0.05) is 0 Å². The minimum atomic E-state index is -0.0108. The van der Waals surface area contributed by atoms with Crippen LogP contribution in [0.5, 0.6) is 5.75 Å². The molecule has 0 unspecified atom stereocenters. The van der Waals surface area contributed by atoms with Crippen molar-refractivity contribution in [1.29, 1.82) is 0 Å². The van der Waals surface area contributed by atoms with Gasteiger partial charge in [-0.05, 0) is 18.1 Å². The molecule has 4 heteroatoms. The first-order valence-electron chi connectivity index (χ1n) is 4.06. The number of pyridine rings is 1. The van der Waals surface area contributed by atoms with Crippen molar-refractivity contribution < 1.29 is 9.90 Å². The molecule has 0 bridgehead atoms. The van der Waals surface area contributed by atoms with Crippen LogP contribution in [-0.4, -0.2) is 23.0 Å². The number of aromatic hydroxyl groups is 1. The number of aryl methyl sites for hydroxylation is 1. The number of carbonyl (C=O) groups excluding carboxylic acids is 1. The average Bonchev–Trinajstić information content (AvgIpc) is 2.14. The third-order valence-corrected chi connectivity index (χ3v) is 1.70. The molecule has 1 aromatic heterocycles. The molecule has 1 heterocycles. The Labute approximate surface area is 76.6 Å². The quantitative estimate of drug-likeness (QED) is 0.710. The van der Waals surface area contributed by atoms with Gasteiger partial charge < -0.3 is 10.4 Å². The van der Waals surface area contributed by atoms with Crippen LogP contribution in [0.25, 0.3) is 0 Å². The van der Waals surface area contributed by atoms with E-state index >= 15 is 0 Å². The van der Waals surface area contributed by atoms with Gasteiger partial charge in [-0.2, -0.15) is 0 Å². The van der Waals surface area contributed by atoms with Gasteiger partial charge in [0, 0.05) is 19.7 Å². The molecular weight excluding hydrogens is 168 g/mol. The number of nitrogens with one attached hydrogen (secondary N) is 1. The number of amides is 1. The molecule has 0 saturated carbocycles. The topological polar surface area (TPSA) is 62.2 Å². The van der Waals surface area contributed by atoms with Crippen molar-refractivity contribution >= 4 is 5.91 Å². The van der Waals surface area contributed by atoms with Gasteiger partial charge in [0.1, 0.15) is 5.75 Å².